The summed E-state index contributed by atoms with van der Waals surface area (Å²) in [5, 5.41) is 3.19. The lowest BCUT2D eigenvalue weighted by Gasteiger charge is -2.33. The fourth-order valence-electron chi connectivity index (χ4n) is 2.12. The van der Waals surface area contributed by atoms with E-state index in [1.54, 1.807) is 6.92 Å². The smallest absolute Gasteiger partial charge is 0.161 e. The molecule has 1 heterocycles. The Labute approximate surface area is 123 Å². The van der Waals surface area contributed by atoms with Crippen molar-refractivity contribution in [2.24, 2.45) is 0 Å². The average Bonchev–Trinajstić information content (AvgIpc) is 2.34. The van der Waals surface area contributed by atoms with Crippen LogP contribution in [0.5, 0.6) is 0 Å². The van der Waals surface area contributed by atoms with Gasteiger partial charge in [-0.3, -0.25) is 4.90 Å². The lowest BCUT2D eigenvalue weighted by atomic mass is 10.1. The highest BCUT2D eigenvalue weighted by Crippen LogP contribution is 2.25. The Morgan fingerprint density at radius 2 is 1.53 bits per heavy atom. The first kappa shape index (κ1) is 18.5. The largest absolute Gasteiger partial charge is 0.314 e. The summed E-state index contributed by atoms with van der Waals surface area (Å²) in [6, 6.07) is 1.33. The monoisotopic (exact) mass is 316 g/mol. The van der Waals surface area contributed by atoms with Crippen molar-refractivity contribution < 1.29 is 13.2 Å². The van der Waals surface area contributed by atoms with Gasteiger partial charge in [-0.1, -0.05) is 0 Å². The minimum Gasteiger partial charge on any atom is -0.314 e. The SMILES string of the molecule is C[C@H](c1cc(F)c(F)cc1F)N1CCNCC1.Cl.Cl. The molecule has 7 heteroatoms. The Hall–Kier alpha value is -0.490. The number of nitrogens with zero attached hydrogens (tertiary/aromatic N) is 1. The fraction of sp³-hybridized carbons (Fsp3) is 0.500. The van der Waals surface area contributed by atoms with Gasteiger partial charge in [-0.15, -0.1) is 24.8 Å². The van der Waals surface area contributed by atoms with Crippen LogP contribution in [0.15, 0.2) is 12.1 Å². The number of piperazine rings is 1. The van der Waals surface area contributed by atoms with Gasteiger partial charge >= 0.3 is 0 Å². The van der Waals surface area contributed by atoms with Crippen molar-refractivity contribution in [2.75, 3.05) is 26.2 Å². The van der Waals surface area contributed by atoms with E-state index < -0.39 is 17.5 Å². The summed E-state index contributed by atoms with van der Waals surface area (Å²) in [4.78, 5) is 2.05. The van der Waals surface area contributed by atoms with Crippen molar-refractivity contribution in [3.8, 4) is 0 Å². The molecule has 0 aromatic heterocycles. The van der Waals surface area contributed by atoms with E-state index in [-0.39, 0.29) is 36.4 Å². The van der Waals surface area contributed by atoms with Crippen LogP contribution in [0, 0.1) is 17.5 Å². The van der Waals surface area contributed by atoms with E-state index in [4.69, 9.17) is 0 Å². The van der Waals surface area contributed by atoms with E-state index in [9.17, 15) is 13.2 Å². The third kappa shape index (κ3) is 4.24. The molecule has 1 N–H and O–H groups in total. The summed E-state index contributed by atoms with van der Waals surface area (Å²) in [5.74, 6) is -2.82. The maximum atomic E-state index is 13.6. The van der Waals surface area contributed by atoms with Crippen LogP contribution in [0.2, 0.25) is 0 Å². The summed E-state index contributed by atoms with van der Waals surface area (Å²) in [7, 11) is 0. The zero-order valence-corrected chi connectivity index (χ0v) is 12.1. The van der Waals surface area contributed by atoms with Crippen molar-refractivity contribution >= 4 is 24.8 Å². The lowest BCUT2D eigenvalue weighted by molar-refractivity contribution is 0.182. The van der Waals surface area contributed by atoms with Crippen LogP contribution in [0.4, 0.5) is 13.2 Å². The zero-order chi connectivity index (χ0) is 12.4. The minimum absolute atomic E-state index is 0. The number of nitrogens with one attached hydrogen (secondary N) is 1. The second-order valence-electron chi connectivity index (χ2n) is 4.25. The Morgan fingerprint density at radius 1 is 1.00 bits per heavy atom. The van der Waals surface area contributed by atoms with Crippen molar-refractivity contribution in [3.05, 3.63) is 35.1 Å². The molecule has 0 spiro atoms. The molecular formula is C12H17Cl2F3N2. The van der Waals surface area contributed by atoms with E-state index in [0.29, 0.717) is 6.07 Å². The molecule has 0 aliphatic carbocycles. The second kappa shape index (κ2) is 7.94. The standard InChI is InChI=1S/C12H15F3N2.2ClH/c1-8(17-4-2-16-3-5-17)9-6-11(14)12(15)7-10(9)13;;/h6-8,16H,2-5H2,1H3;2*1H/t8-;;/m1../s1. The Kier molecular flexibility index (Phi) is 7.74. The van der Waals surface area contributed by atoms with Crippen LogP contribution < -0.4 is 5.32 Å². The Bertz CT molecular complexity index is 412. The fourth-order valence-corrected chi connectivity index (χ4v) is 2.12. The molecule has 0 radical (unpaired) electrons. The normalized spacial score (nSPS) is 17.3. The molecule has 2 nitrogen and oxygen atoms in total. The van der Waals surface area contributed by atoms with E-state index in [2.05, 4.69) is 5.32 Å². The summed E-state index contributed by atoms with van der Waals surface area (Å²) < 4.78 is 39.5. The van der Waals surface area contributed by atoms with E-state index in [0.717, 1.165) is 32.2 Å². The highest BCUT2D eigenvalue weighted by Gasteiger charge is 2.22. The summed E-state index contributed by atoms with van der Waals surface area (Å²) in [6.45, 7) is 5.02. The van der Waals surface area contributed by atoms with Gasteiger partial charge in [0.25, 0.3) is 0 Å². The van der Waals surface area contributed by atoms with Crippen LogP contribution in [0.1, 0.15) is 18.5 Å². The first-order valence-corrected chi connectivity index (χ1v) is 5.69. The number of halogens is 5. The molecule has 0 saturated carbocycles. The van der Waals surface area contributed by atoms with Gasteiger partial charge in [0.1, 0.15) is 5.82 Å². The van der Waals surface area contributed by atoms with Crippen LogP contribution >= 0.6 is 24.8 Å². The summed E-state index contributed by atoms with van der Waals surface area (Å²) in [5.41, 5.74) is 0.214. The van der Waals surface area contributed by atoms with Crippen molar-refractivity contribution in [1.29, 1.82) is 0 Å². The van der Waals surface area contributed by atoms with Gasteiger partial charge < -0.3 is 5.32 Å². The van der Waals surface area contributed by atoms with E-state index >= 15 is 0 Å². The van der Waals surface area contributed by atoms with Crippen LogP contribution in [-0.4, -0.2) is 31.1 Å². The number of hydrogen-bond donors (Lipinski definition) is 1. The topological polar surface area (TPSA) is 15.3 Å². The molecule has 1 fully saturated rings. The predicted molar refractivity (Wildman–Crippen MR) is 73.7 cm³/mol. The Balaban J connectivity index is 0.00000162. The van der Waals surface area contributed by atoms with Crippen LogP contribution in [0.25, 0.3) is 0 Å². The van der Waals surface area contributed by atoms with Crippen molar-refractivity contribution in [2.45, 2.75) is 13.0 Å². The van der Waals surface area contributed by atoms with Crippen LogP contribution in [-0.2, 0) is 0 Å². The molecule has 1 aromatic rings. The second-order valence-corrected chi connectivity index (χ2v) is 4.25. The molecule has 0 bridgehead atoms. The molecule has 2 rings (SSSR count). The van der Waals surface area contributed by atoms with Gasteiger partial charge in [0, 0.05) is 43.9 Å². The first-order valence-electron chi connectivity index (χ1n) is 5.69. The highest BCUT2D eigenvalue weighted by molar-refractivity contribution is 5.85. The number of hydrogen-bond acceptors (Lipinski definition) is 2. The molecule has 1 aromatic carbocycles. The molecule has 0 amide bonds. The predicted octanol–water partition coefficient (Wildman–Crippen LogP) is 2.91. The van der Waals surface area contributed by atoms with Gasteiger partial charge in [-0.05, 0) is 13.0 Å². The minimum atomic E-state index is -1.14. The zero-order valence-electron chi connectivity index (χ0n) is 10.5. The molecule has 110 valence electrons. The van der Waals surface area contributed by atoms with E-state index in [1.165, 1.54) is 0 Å². The van der Waals surface area contributed by atoms with Gasteiger partial charge in [0.2, 0.25) is 0 Å². The highest BCUT2D eigenvalue weighted by atomic mass is 35.5. The third-order valence-corrected chi connectivity index (χ3v) is 3.19. The summed E-state index contributed by atoms with van der Waals surface area (Å²) >= 11 is 0. The Morgan fingerprint density at radius 3 is 2.11 bits per heavy atom. The average molecular weight is 317 g/mol. The molecule has 1 saturated heterocycles. The molecule has 19 heavy (non-hydrogen) atoms. The lowest BCUT2D eigenvalue weighted by Crippen LogP contribution is -2.44. The van der Waals surface area contributed by atoms with Gasteiger partial charge in [-0.25, -0.2) is 13.2 Å². The van der Waals surface area contributed by atoms with Gasteiger partial charge in [-0.2, -0.15) is 0 Å². The molecule has 1 aliphatic heterocycles. The number of benzene rings is 1. The van der Waals surface area contributed by atoms with Crippen LogP contribution in [0.3, 0.4) is 0 Å². The third-order valence-electron chi connectivity index (χ3n) is 3.19. The van der Waals surface area contributed by atoms with Gasteiger partial charge in [0.15, 0.2) is 11.6 Å². The van der Waals surface area contributed by atoms with Crippen molar-refractivity contribution in [1.82, 2.24) is 10.2 Å². The number of rotatable bonds is 2. The maximum Gasteiger partial charge on any atom is 0.161 e. The maximum absolute atomic E-state index is 13.6. The molecular weight excluding hydrogens is 300 g/mol. The van der Waals surface area contributed by atoms with Gasteiger partial charge in [0.05, 0.1) is 0 Å². The molecule has 1 aliphatic rings. The first-order chi connectivity index (χ1) is 8.09. The quantitative estimate of drug-likeness (QED) is 0.844. The summed E-state index contributed by atoms with van der Waals surface area (Å²) in [6.07, 6.45) is 0. The van der Waals surface area contributed by atoms with E-state index in [1.807, 2.05) is 4.90 Å². The molecule has 0 unspecified atom stereocenters. The van der Waals surface area contributed by atoms with Crippen molar-refractivity contribution in [3.63, 3.8) is 0 Å². The molecule has 1 atom stereocenters.